The second-order valence-electron chi connectivity index (χ2n) is 5.82. The van der Waals surface area contributed by atoms with E-state index in [0.717, 1.165) is 0 Å². The van der Waals surface area contributed by atoms with Crippen LogP contribution in [0.15, 0.2) is 71.3 Å². The van der Waals surface area contributed by atoms with Crippen molar-refractivity contribution in [3.8, 4) is 5.75 Å². The summed E-state index contributed by atoms with van der Waals surface area (Å²) in [6.45, 7) is -2.66. The molecule has 0 saturated carbocycles. The molecule has 29 heavy (non-hydrogen) atoms. The van der Waals surface area contributed by atoms with Crippen LogP contribution in [0, 0.1) is 0 Å². The molecule has 0 atom stereocenters. The molecule has 7 nitrogen and oxygen atoms in total. The number of hydrogen-bond acceptors (Lipinski definition) is 4. The van der Waals surface area contributed by atoms with Gasteiger partial charge in [0.15, 0.2) is 0 Å². The normalized spacial score (nSPS) is 10.4. The van der Waals surface area contributed by atoms with Gasteiger partial charge in [0.1, 0.15) is 11.5 Å². The minimum absolute atomic E-state index is 0.0303. The zero-order chi connectivity index (χ0) is 20.6. The number of benzene rings is 2. The van der Waals surface area contributed by atoms with Gasteiger partial charge in [-0.1, -0.05) is 0 Å². The van der Waals surface area contributed by atoms with Gasteiger partial charge in [0.2, 0.25) is 0 Å². The molecule has 3 N–H and O–H groups in total. The highest BCUT2D eigenvalue weighted by Crippen LogP contribution is 2.17. The maximum atomic E-state index is 12.2. The number of anilines is 2. The Morgan fingerprint density at radius 1 is 0.931 bits per heavy atom. The van der Waals surface area contributed by atoms with E-state index >= 15 is 0 Å². The Kier molecular flexibility index (Phi) is 6.41. The average Bonchev–Trinajstić information content (AvgIpc) is 3.22. The van der Waals surface area contributed by atoms with Crippen LogP contribution in [0.3, 0.4) is 0 Å². The molecular formula is C20H17F2N3O4. The van der Waals surface area contributed by atoms with Gasteiger partial charge in [0.05, 0.1) is 12.8 Å². The first-order valence-electron chi connectivity index (χ1n) is 8.53. The molecule has 3 rings (SSSR count). The molecule has 0 aliphatic carbocycles. The number of amides is 3. The number of halogens is 2. The van der Waals surface area contributed by atoms with Gasteiger partial charge in [-0.3, -0.25) is 4.79 Å². The average molecular weight is 401 g/mol. The lowest BCUT2D eigenvalue weighted by molar-refractivity contribution is -0.0498. The molecule has 9 heteroatoms. The lowest BCUT2D eigenvalue weighted by Crippen LogP contribution is -2.27. The Hall–Kier alpha value is -3.88. The number of alkyl halides is 2. The molecule has 0 spiro atoms. The molecule has 3 aromatic rings. The summed E-state index contributed by atoms with van der Waals surface area (Å²) in [5.74, 6) is 0.190. The van der Waals surface area contributed by atoms with Gasteiger partial charge in [0.25, 0.3) is 5.91 Å². The minimum Gasteiger partial charge on any atom is -0.467 e. The summed E-state index contributed by atoms with van der Waals surface area (Å²) in [4.78, 5) is 24.1. The van der Waals surface area contributed by atoms with Crippen molar-refractivity contribution in [2.75, 3.05) is 10.6 Å². The largest absolute Gasteiger partial charge is 0.467 e. The van der Waals surface area contributed by atoms with Gasteiger partial charge in [0, 0.05) is 16.9 Å². The number of furan rings is 1. The predicted octanol–water partition coefficient (Wildman–Crippen LogP) is 4.46. The van der Waals surface area contributed by atoms with E-state index in [0.29, 0.717) is 17.1 Å². The Bertz CT molecular complexity index is 943. The van der Waals surface area contributed by atoms with Crippen molar-refractivity contribution in [1.82, 2.24) is 5.32 Å². The summed E-state index contributed by atoms with van der Waals surface area (Å²) in [6.07, 6.45) is 1.52. The van der Waals surface area contributed by atoms with Gasteiger partial charge < -0.3 is 25.1 Å². The fourth-order valence-electron chi connectivity index (χ4n) is 2.38. The standard InChI is InChI=1S/C20H17F2N3O4/c21-19(22)29-16-9-3-13(4-10-16)18(26)24-14-5-7-15(8-6-14)25-20(27)23-12-17-2-1-11-28-17/h1-11,19H,12H2,(H,24,26)(H2,23,25,27). The highest BCUT2D eigenvalue weighted by molar-refractivity contribution is 6.04. The zero-order valence-corrected chi connectivity index (χ0v) is 15.0. The van der Waals surface area contributed by atoms with Gasteiger partial charge in [-0.15, -0.1) is 0 Å². The molecule has 0 fully saturated rings. The van der Waals surface area contributed by atoms with E-state index in [4.69, 9.17) is 4.42 Å². The quantitative estimate of drug-likeness (QED) is 0.545. The summed E-state index contributed by atoms with van der Waals surface area (Å²) in [6, 6.07) is 14.9. The van der Waals surface area contributed by atoms with E-state index in [9.17, 15) is 18.4 Å². The Morgan fingerprint density at radius 3 is 2.17 bits per heavy atom. The first-order chi connectivity index (χ1) is 14.0. The Balaban J connectivity index is 1.50. The minimum atomic E-state index is -2.92. The molecule has 2 aromatic carbocycles. The molecule has 1 heterocycles. The van der Waals surface area contributed by atoms with Gasteiger partial charge in [-0.25, -0.2) is 4.79 Å². The molecule has 0 radical (unpaired) electrons. The van der Waals surface area contributed by atoms with Crippen LogP contribution in [0.1, 0.15) is 16.1 Å². The second-order valence-corrected chi connectivity index (χ2v) is 5.82. The molecule has 0 bridgehead atoms. The number of ether oxygens (including phenoxy) is 1. The van der Waals surface area contributed by atoms with Crippen molar-refractivity contribution in [1.29, 1.82) is 0 Å². The lowest BCUT2D eigenvalue weighted by Gasteiger charge is -2.09. The van der Waals surface area contributed by atoms with Crippen LogP contribution in [0.2, 0.25) is 0 Å². The van der Waals surface area contributed by atoms with Gasteiger partial charge >= 0.3 is 12.6 Å². The summed E-state index contributed by atoms with van der Waals surface area (Å²) >= 11 is 0. The molecule has 3 amide bonds. The van der Waals surface area contributed by atoms with Gasteiger partial charge in [-0.05, 0) is 60.7 Å². The number of carbonyl (C=O) groups is 2. The SMILES string of the molecule is O=C(NCc1ccco1)Nc1ccc(NC(=O)c2ccc(OC(F)F)cc2)cc1. The van der Waals surface area contributed by atoms with Crippen molar-refractivity contribution in [2.45, 2.75) is 13.2 Å². The molecule has 0 aliphatic rings. The number of carbonyl (C=O) groups excluding carboxylic acids is 2. The fraction of sp³-hybridized carbons (Fsp3) is 0.100. The van der Waals surface area contributed by atoms with Crippen molar-refractivity contribution >= 4 is 23.3 Å². The monoisotopic (exact) mass is 401 g/mol. The summed E-state index contributed by atoms with van der Waals surface area (Å²) in [5, 5.41) is 7.98. The van der Waals surface area contributed by atoms with E-state index < -0.39 is 18.5 Å². The topological polar surface area (TPSA) is 92.6 Å². The van der Waals surface area contributed by atoms with E-state index in [2.05, 4.69) is 20.7 Å². The Labute approximate surface area is 164 Å². The zero-order valence-electron chi connectivity index (χ0n) is 15.0. The predicted molar refractivity (Wildman–Crippen MR) is 102 cm³/mol. The smallest absolute Gasteiger partial charge is 0.387 e. The maximum Gasteiger partial charge on any atom is 0.387 e. The first kappa shape index (κ1) is 19.9. The third-order valence-corrected chi connectivity index (χ3v) is 3.75. The highest BCUT2D eigenvalue weighted by Gasteiger charge is 2.09. The third-order valence-electron chi connectivity index (χ3n) is 3.75. The second kappa shape index (κ2) is 9.36. The number of urea groups is 1. The molecule has 0 unspecified atom stereocenters. The van der Waals surface area contributed by atoms with Crippen molar-refractivity contribution < 1.29 is 27.5 Å². The van der Waals surface area contributed by atoms with Crippen molar-refractivity contribution in [2.24, 2.45) is 0 Å². The Morgan fingerprint density at radius 2 is 1.59 bits per heavy atom. The van der Waals surface area contributed by atoms with E-state index in [1.54, 1.807) is 36.4 Å². The lowest BCUT2D eigenvalue weighted by atomic mass is 10.2. The van der Waals surface area contributed by atoms with E-state index in [1.807, 2.05) is 0 Å². The number of nitrogens with one attached hydrogen (secondary N) is 3. The highest BCUT2D eigenvalue weighted by atomic mass is 19.3. The van der Waals surface area contributed by atoms with Crippen LogP contribution in [0.4, 0.5) is 25.0 Å². The number of rotatable bonds is 7. The van der Waals surface area contributed by atoms with Crippen LogP contribution < -0.4 is 20.7 Å². The van der Waals surface area contributed by atoms with E-state index in [-0.39, 0.29) is 17.9 Å². The fourth-order valence-corrected chi connectivity index (χ4v) is 2.38. The van der Waals surface area contributed by atoms with Crippen molar-refractivity contribution in [3.63, 3.8) is 0 Å². The van der Waals surface area contributed by atoms with Gasteiger partial charge in [-0.2, -0.15) is 8.78 Å². The molecule has 0 aliphatic heterocycles. The summed E-state index contributed by atoms with van der Waals surface area (Å²) in [7, 11) is 0. The summed E-state index contributed by atoms with van der Waals surface area (Å²) in [5.41, 5.74) is 1.32. The molecular weight excluding hydrogens is 384 g/mol. The van der Waals surface area contributed by atoms with Crippen LogP contribution in [0.25, 0.3) is 0 Å². The van der Waals surface area contributed by atoms with Crippen LogP contribution in [-0.4, -0.2) is 18.5 Å². The maximum absolute atomic E-state index is 12.2. The van der Waals surface area contributed by atoms with Crippen LogP contribution >= 0.6 is 0 Å². The van der Waals surface area contributed by atoms with Crippen molar-refractivity contribution in [3.05, 3.63) is 78.3 Å². The summed E-state index contributed by atoms with van der Waals surface area (Å²) < 4.78 is 33.7. The molecule has 1 aromatic heterocycles. The molecule has 0 saturated heterocycles. The van der Waals surface area contributed by atoms with E-state index in [1.165, 1.54) is 30.5 Å². The first-order valence-corrected chi connectivity index (χ1v) is 8.53. The third kappa shape index (κ3) is 6.06. The number of hydrogen-bond donors (Lipinski definition) is 3. The van der Waals surface area contributed by atoms with Crippen LogP contribution in [-0.2, 0) is 6.54 Å². The molecule has 150 valence electrons. The van der Waals surface area contributed by atoms with Crippen LogP contribution in [0.5, 0.6) is 5.75 Å².